The van der Waals surface area contributed by atoms with Crippen molar-refractivity contribution in [1.29, 1.82) is 0 Å². The van der Waals surface area contributed by atoms with Crippen molar-refractivity contribution in [3.8, 4) is 11.5 Å². The van der Waals surface area contributed by atoms with Crippen LogP contribution in [0.15, 0.2) is 36.4 Å². The largest absolute Gasteiger partial charge is 0.454 e. The minimum absolute atomic E-state index is 0.00717. The molecule has 0 bridgehead atoms. The first-order chi connectivity index (χ1) is 15.0. The number of ether oxygens (including phenoxy) is 2. The molecule has 2 amide bonds. The lowest BCUT2D eigenvalue weighted by molar-refractivity contribution is -0.121. The molecule has 31 heavy (non-hydrogen) atoms. The molecule has 2 aliphatic rings. The third-order valence-electron chi connectivity index (χ3n) is 5.97. The van der Waals surface area contributed by atoms with Gasteiger partial charge in [0.1, 0.15) is 0 Å². The number of rotatable bonds is 6. The molecule has 7 heteroatoms. The maximum absolute atomic E-state index is 12.7. The maximum Gasteiger partial charge on any atom is 0.238 e. The number of aryl methyl sites for hydroxylation is 2. The summed E-state index contributed by atoms with van der Waals surface area (Å²) >= 11 is 0. The molecule has 2 aliphatic heterocycles. The Hall–Kier alpha value is -3.06. The van der Waals surface area contributed by atoms with Gasteiger partial charge in [-0.2, -0.15) is 0 Å². The van der Waals surface area contributed by atoms with Gasteiger partial charge in [0.15, 0.2) is 11.5 Å². The van der Waals surface area contributed by atoms with Gasteiger partial charge in [0.05, 0.1) is 6.54 Å². The van der Waals surface area contributed by atoms with E-state index in [4.69, 9.17) is 9.47 Å². The van der Waals surface area contributed by atoms with E-state index >= 15 is 0 Å². The lowest BCUT2D eigenvalue weighted by Gasteiger charge is -2.30. The van der Waals surface area contributed by atoms with E-state index in [0.717, 1.165) is 49.2 Å². The summed E-state index contributed by atoms with van der Waals surface area (Å²) in [5.74, 6) is 1.29. The smallest absolute Gasteiger partial charge is 0.238 e. The van der Waals surface area contributed by atoms with Gasteiger partial charge >= 0.3 is 0 Å². The summed E-state index contributed by atoms with van der Waals surface area (Å²) in [6.45, 7) is 6.10. The summed E-state index contributed by atoms with van der Waals surface area (Å²) in [5.41, 5.74) is 3.85. The van der Waals surface area contributed by atoms with Crippen LogP contribution in [0.25, 0.3) is 0 Å². The number of likely N-dealkylation sites (tertiary alicyclic amines) is 1. The van der Waals surface area contributed by atoms with Gasteiger partial charge in [0.25, 0.3) is 0 Å². The third kappa shape index (κ3) is 4.99. The number of hydrogen-bond donors (Lipinski definition) is 2. The molecule has 4 rings (SSSR count). The van der Waals surface area contributed by atoms with Crippen LogP contribution in [0.1, 0.15) is 30.9 Å². The summed E-state index contributed by atoms with van der Waals surface area (Å²) in [5, 5.41) is 6.06. The third-order valence-corrected chi connectivity index (χ3v) is 5.97. The number of nitrogens with one attached hydrogen (secondary N) is 2. The van der Waals surface area contributed by atoms with Crippen molar-refractivity contribution in [2.75, 3.05) is 37.1 Å². The molecule has 0 unspecified atom stereocenters. The van der Waals surface area contributed by atoms with Gasteiger partial charge in [-0.1, -0.05) is 25.1 Å². The lowest BCUT2D eigenvalue weighted by Crippen LogP contribution is -2.41. The molecule has 0 saturated carbocycles. The zero-order valence-corrected chi connectivity index (χ0v) is 18.1. The first kappa shape index (κ1) is 21.2. The number of carbonyl (C=O) groups is 2. The fourth-order valence-corrected chi connectivity index (χ4v) is 4.16. The molecule has 7 nitrogen and oxygen atoms in total. The molecule has 2 N–H and O–H groups in total. The van der Waals surface area contributed by atoms with Gasteiger partial charge in [0, 0.05) is 23.4 Å². The fraction of sp³-hybridized carbons (Fsp3) is 0.417. The molecular weight excluding hydrogens is 394 g/mol. The van der Waals surface area contributed by atoms with Crippen molar-refractivity contribution < 1.29 is 19.1 Å². The van der Waals surface area contributed by atoms with Crippen molar-refractivity contribution in [3.63, 3.8) is 0 Å². The number of carbonyl (C=O) groups excluding carboxylic acids is 2. The highest BCUT2D eigenvalue weighted by Gasteiger charge is 2.26. The van der Waals surface area contributed by atoms with Crippen molar-refractivity contribution >= 4 is 23.2 Å². The van der Waals surface area contributed by atoms with Crippen LogP contribution in [0, 0.1) is 12.8 Å². The minimum atomic E-state index is -0.0622. The van der Waals surface area contributed by atoms with E-state index in [1.54, 1.807) is 12.1 Å². The van der Waals surface area contributed by atoms with Crippen LogP contribution in [-0.4, -0.2) is 43.1 Å². The number of fused-ring (bicyclic) bond motifs is 1. The number of piperidine rings is 1. The Morgan fingerprint density at radius 3 is 2.61 bits per heavy atom. The lowest BCUT2D eigenvalue weighted by atomic mass is 9.95. The van der Waals surface area contributed by atoms with Gasteiger partial charge in [0.2, 0.25) is 18.6 Å². The summed E-state index contributed by atoms with van der Waals surface area (Å²) in [6.07, 6.45) is 2.34. The van der Waals surface area contributed by atoms with E-state index in [-0.39, 0.29) is 24.5 Å². The summed E-state index contributed by atoms with van der Waals surface area (Å²) in [6, 6.07) is 11.5. The monoisotopic (exact) mass is 423 g/mol. The highest BCUT2D eigenvalue weighted by molar-refractivity contribution is 5.94. The fourth-order valence-electron chi connectivity index (χ4n) is 4.16. The highest BCUT2D eigenvalue weighted by Crippen LogP contribution is 2.34. The standard InChI is InChI=1S/C24H29N3O4/c1-3-17-6-4-5-16(2)23(17)26-22(28)14-27-11-9-18(10-12-27)24(29)25-19-7-8-20-21(13-19)31-15-30-20/h4-8,13,18H,3,9-12,14-15H2,1-2H3,(H,25,29)(H,26,28). The van der Waals surface area contributed by atoms with E-state index < -0.39 is 0 Å². The molecule has 0 aromatic heterocycles. The predicted molar refractivity (Wildman–Crippen MR) is 120 cm³/mol. The van der Waals surface area contributed by atoms with Crippen LogP contribution in [0.5, 0.6) is 11.5 Å². The van der Waals surface area contributed by atoms with E-state index in [1.165, 1.54) is 0 Å². The second-order valence-electron chi connectivity index (χ2n) is 8.12. The summed E-state index contributed by atoms with van der Waals surface area (Å²) < 4.78 is 10.7. The quantitative estimate of drug-likeness (QED) is 0.743. The molecule has 1 saturated heterocycles. The summed E-state index contributed by atoms with van der Waals surface area (Å²) in [7, 11) is 0. The van der Waals surface area contributed by atoms with Crippen molar-refractivity contribution in [2.45, 2.75) is 33.1 Å². The molecular formula is C24H29N3O4. The molecule has 2 aromatic rings. The number of hydrogen-bond acceptors (Lipinski definition) is 5. The molecule has 2 aromatic carbocycles. The minimum Gasteiger partial charge on any atom is -0.454 e. The molecule has 164 valence electrons. The van der Waals surface area contributed by atoms with Crippen LogP contribution in [0.3, 0.4) is 0 Å². The molecule has 0 atom stereocenters. The number of nitrogens with zero attached hydrogens (tertiary/aromatic N) is 1. The summed E-state index contributed by atoms with van der Waals surface area (Å²) in [4.78, 5) is 27.4. The first-order valence-electron chi connectivity index (χ1n) is 10.8. The van der Waals surface area contributed by atoms with Gasteiger partial charge in [-0.15, -0.1) is 0 Å². The Balaban J connectivity index is 1.26. The zero-order chi connectivity index (χ0) is 21.8. The van der Waals surface area contributed by atoms with Gasteiger partial charge < -0.3 is 20.1 Å². The second kappa shape index (κ2) is 9.39. The molecule has 1 fully saturated rings. The van der Waals surface area contributed by atoms with Crippen LogP contribution in [0.4, 0.5) is 11.4 Å². The maximum atomic E-state index is 12.7. The number of benzene rings is 2. The highest BCUT2D eigenvalue weighted by atomic mass is 16.7. The van der Waals surface area contributed by atoms with Crippen molar-refractivity contribution in [1.82, 2.24) is 4.90 Å². The molecule has 0 radical (unpaired) electrons. The number of amides is 2. The van der Waals surface area contributed by atoms with Crippen LogP contribution >= 0.6 is 0 Å². The van der Waals surface area contributed by atoms with Crippen LogP contribution < -0.4 is 20.1 Å². The average Bonchev–Trinajstić information content (AvgIpc) is 3.23. The van der Waals surface area contributed by atoms with Gasteiger partial charge in [-0.05, 0) is 62.5 Å². The normalized spacial score (nSPS) is 16.2. The number of anilines is 2. The van der Waals surface area contributed by atoms with Gasteiger partial charge in [-0.3, -0.25) is 14.5 Å². The Kier molecular flexibility index (Phi) is 6.42. The Morgan fingerprint density at radius 1 is 1.06 bits per heavy atom. The van der Waals surface area contributed by atoms with E-state index in [0.29, 0.717) is 23.7 Å². The number of para-hydroxylation sites is 1. The topological polar surface area (TPSA) is 79.9 Å². The zero-order valence-electron chi connectivity index (χ0n) is 18.1. The van der Waals surface area contributed by atoms with Gasteiger partial charge in [-0.25, -0.2) is 0 Å². The molecule has 2 heterocycles. The average molecular weight is 424 g/mol. The second-order valence-corrected chi connectivity index (χ2v) is 8.12. The van der Waals surface area contributed by atoms with E-state index in [9.17, 15) is 9.59 Å². The van der Waals surface area contributed by atoms with Crippen molar-refractivity contribution in [3.05, 3.63) is 47.5 Å². The van der Waals surface area contributed by atoms with E-state index in [1.807, 2.05) is 31.2 Å². The van der Waals surface area contributed by atoms with Crippen LogP contribution in [0.2, 0.25) is 0 Å². The van der Waals surface area contributed by atoms with Crippen LogP contribution in [-0.2, 0) is 16.0 Å². The Bertz CT molecular complexity index is 967. The Labute approximate surface area is 182 Å². The van der Waals surface area contributed by atoms with E-state index in [2.05, 4.69) is 22.5 Å². The molecule has 0 aliphatic carbocycles. The molecule has 0 spiro atoms. The first-order valence-corrected chi connectivity index (χ1v) is 10.8. The van der Waals surface area contributed by atoms with Crippen molar-refractivity contribution in [2.24, 2.45) is 5.92 Å². The predicted octanol–water partition coefficient (Wildman–Crippen LogP) is 3.58. The SMILES string of the molecule is CCc1cccc(C)c1NC(=O)CN1CCC(C(=O)Nc2ccc3c(c2)OCO3)CC1. The Morgan fingerprint density at radius 2 is 1.84 bits per heavy atom.